The van der Waals surface area contributed by atoms with E-state index in [2.05, 4.69) is 48.6 Å². The fraction of sp³-hybridized carbons (Fsp3) is 0.370. The summed E-state index contributed by atoms with van der Waals surface area (Å²) in [5, 5.41) is 40.5. The summed E-state index contributed by atoms with van der Waals surface area (Å²) < 4.78 is 5.94. The average Bonchev–Trinajstić information content (AvgIpc) is 3.00. The number of aliphatic hydroxyl groups is 3. The summed E-state index contributed by atoms with van der Waals surface area (Å²) in [6, 6.07) is 16.7. The van der Waals surface area contributed by atoms with E-state index in [-0.39, 0.29) is 4.48 Å². The summed E-state index contributed by atoms with van der Waals surface area (Å²) in [7, 11) is 1.91. The van der Waals surface area contributed by atoms with Gasteiger partial charge in [-0.2, -0.15) is 0 Å². The quantitative estimate of drug-likeness (QED) is 0.433. The molecule has 2 saturated heterocycles. The number of piperidine rings is 1. The second kappa shape index (κ2) is 8.76. The number of nitrogens with zero attached hydrogens (tertiary/aromatic N) is 1. The van der Waals surface area contributed by atoms with E-state index in [1.54, 1.807) is 0 Å². The van der Waals surface area contributed by atoms with Crippen LogP contribution in [-0.2, 0) is 9.53 Å². The van der Waals surface area contributed by atoms with E-state index in [1.807, 2.05) is 19.2 Å². The fourth-order valence-electron chi connectivity index (χ4n) is 5.55. The average molecular weight is 465 g/mol. The number of quaternary nitrogens is 1. The van der Waals surface area contributed by atoms with Gasteiger partial charge in [0.05, 0.1) is 20.1 Å². The van der Waals surface area contributed by atoms with Gasteiger partial charge in [-0.25, -0.2) is 4.79 Å². The van der Waals surface area contributed by atoms with Crippen LogP contribution in [0, 0.1) is 0 Å². The Balaban J connectivity index is 1.49. The minimum Gasteiger partial charge on any atom is -0.479 e. The largest absolute Gasteiger partial charge is 0.479 e. The van der Waals surface area contributed by atoms with E-state index in [1.165, 1.54) is 22.3 Å². The van der Waals surface area contributed by atoms with E-state index < -0.39 is 36.6 Å². The van der Waals surface area contributed by atoms with Crippen molar-refractivity contribution in [2.75, 3.05) is 20.1 Å². The van der Waals surface area contributed by atoms with Crippen LogP contribution in [-0.4, -0.2) is 81.7 Å². The molecule has 2 aromatic carbocycles. The number of carbonyl (C=O) groups is 1. The molecule has 4 N–H and O–H groups in total. The normalized spacial score (nSPS) is 33.1. The lowest BCUT2D eigenvalue weighted by Crippen LogP contribution is -2.70. The summed E-state index contributed by atoms with van der Waals surface area (Å²) in [5.74, 6) is -1.35. The second-order valence-corrected chi connectivity index (χ2v) is 9.67. The molecule has 178 valence electrons. The number of aliphatic hydroxyl groups excluding tert-OH is 3. The molecule has 7 nitrogen and oxygen atoms in total. The Kier molecular flexibility index (Phi) is 5.91. The standard InChI is InChI=1S/C27H29NO6/c1-28(26-24(31)22(29)23(30)25(34-26)27(32)33)14-12-18(13-15-28)21-19-8-4-2-6-16(19)10-11-17-7-3-5-9-20(17)21/h2-11,22-26,29-31H,12-15H2,1H3/p+1. The first-order chi connectivity index (χ1) is 16.3. The van der Waals surface area contributed by atoms with Crippen LogP contribution in [0.2, 0.25) is 0 Å². The van der Waals surface area contributed by atoms with E-state index in [9.17, 15) is 25.2 Å². The van der Waals surface area contributed by atoms with Gasteiger partial charge in [0, 0.05) is 12.8 Å². The molecule has 0 radical (unpaired) electrons. The zero-order valence-corrected chi connectivity index (χ0v) is 19.0. The molecule has 1 aliphatic carbocycles. The maximum atomic E-state index is 11.6. The van der Waals surface area contributed by atoms with Gasteiger partial charge in [-0.05, 0) is 27.8 Å². The number of carboxylic acids is 1. The number of carboxylic acid groups (broad SMARTS) is 1. The Labute approximate surface area is 198 Å². The second-order valence-electron chi connectivity index (χ2n) is 9.67. The van der Waals surface area contributed by atoms with Gasteiger partial charge in [-0.15, -0.1) is 0 Å². The van der Waals surface area contributed by atoms with Crippen molar-refractivity contribution in [1.29, 1.82) is 0 Å². The Morgan fingerprint density at radius 3 is 1.91 bits per heavy atom. The number of likely N-dealkylation sites (N-methyl/N-ethyl adjacent to an activating group) is 1. The van der Waals surface area contributed by atoms with Crippen LogP contribution < -0.4 is 0 Å². The van der Waals surface area contributed by atoms with Crippen LogP contribution in [0.3, 0.4) is 0 Å². The van der Waals surface area contributed by atoms with Gasteiger partial charge in [-0.1, -0.05) is 66.3 Å². The predicted molar refractivity (Wildman–Crippen MR) is 127 cm³/mol. The Bertz CT molecular complexity index is 1110. The van der Waals surface area contributed by atoms with Crippen molar-refractivity contribution < 1.29 is 34.4 Å². The van der Waals surface area contributed by atoms with E-state index in [0.717, 1.165) is 24.0 Å². The van der Waals surface area contributed by atoms with Crippen molar-refractivity contribution in [3.05, 3.63) is 76.4 Å². The first-order valence-corrected chi connectivity index (χ1v) is 11.7. The van der Waals surface area contributed by atoms with Gasteiger partial charge in [0.15, 0.2) is 12.2 Å². The summed E-state index contributed by atoms with van der Waals surface area (Å²) >= 11 is 0. The van der Waals surface area contributed by atoms with Crippen LogP contribution in [0.1, 0.15) is 35.1 Å². The maximum Gasteiger partial charge on any atom is 0.335 e. The molecule has 2 aromatic rings. The number of rotatable bonds is 2. The third kappa shape index (κ3) is 3.79. The lowest BCUT2D eigenvalue weighted by molar-refractivity contribution is -0.963. The highest BCUT2D eigenvalue weighted by Gasteiger charge is 2.54. The molecule has 3 aliphatic rings. The molecule has 5 rings (SSSR count). The third-order valence-corrected chi connectivity index (χ3v) is 7.55. The van der Waals surface area contributed by atoms with Crippen molar-refractivity contribution in [1.82, 2.24) is 0 Å². The minimum absolute atomic E-state index is 0.257. The molecule has 5 atom stereocenters. The number of benzene rings is 2. The highest BCUT2D eigenvalue weighted by atomic mass is 16.6. The Morgan fingerprint density at radius 2 is 1.38 bits per heavy atom. The molecule has 0 aromatic heterocycles. The molecule has 34 heavy (non-hydrogen) atoms. The first-order valence-electron chi connectivity index (χ1n) is 11.7. The van der Waals surface area contributed by atoms with Crippen molar-refractivity contribution in [3.63, 3.8) is 0 Å². The van der Waals surface area contributed by atoms with Crippen LogP contribution in [0.25, 0.3) is 17.7 Å². The number of ether oxygens (including phenoxy) is 1. The molecule has 0 spiro atoms. The Morgan fingerprint density at radius 1 is 0.853 bits per heavy atom. The molecule has 0 amide bonds. The molecular formula is C27H30NO6+. The van der Waals surface area contributed by atoms with E-state index in [0.29, 0.717) is 13.1 Å². The van der Waals surface area contributed by atoms with Crippen molar-refractivity contribution in [2.45, 2.75) is 43.5 Å². The predicted octanol–water partition coefficient (Wildman–Crippen LogP) is 2.10. The lowest BCUT2D eigenvalue weighted by Gasteiger charge is -2.50. The summed E-state index contributed by atoms with van der Waals surface area (Å²) in [4.78, 5) is 11.6. The number of hydrogen-bond acceptors (Lipinski definition) is 5. The molecule has 5 unspecified atom stereocenters. The summed E-state index contributed by atoms with van der Waals surface area (Å²) in [6.07, 6.45) is -1.40. The molecule has 2 aliphatic heterocycles. The molecule has 2 heterocycles. The molecule has 7 heteroatoms. The van der Waals surface area contributed by atoms with Crippen LogP contribution in [0.15, 0.2) is 54.1 Å². The first kappa shape index (κ1) is 23.0. The molecular weight excluding hydrogens is 434 g/mol. The van der Waals surface area contributed by atoms with Gasteiger partial charge >= 0.3 is 5.97 Å². The zero-order chi connectivity index (χ0) is 24.0. The number of hydrogen-bond donors (Lipinski definition) is 4. The molecule has 0 bridgehead atoms. The summed E-state index contributed by atoms with van der Waals surface area (Å²) in [6.45, 7) is 1.21. The van der Waals surface area contributed by atoms with Crippen molar-refractivity contribution in [2.24, 2.45) is 0 Å². The van der Waals surface area contributed by atoms with Gasteiger partial charge in [0.1, 0.15) is 12.2 Å². The van der Waals surface area contributed by atoms with Crippen LogP contribution >= 0.6 is 0 Å². The molecule has 2 fully saturated rings. The number of likely N-dealkylation sites (tertiary alicyclic amines) is 1. The van der Waals surface area contributed by atoms with Gasteiger partial charge in [0.2, 0.25) is 6.23 Å². The van der Waals surface area contributed by atoms with Crippen molar-refractivity contribution >= 4 is 23.7 Å². The van der Waals surface area contributed by atoms with E-state index >= 15 is 0 Å². The smallest absolute Gasteiger partial charge is 0.335 e. The highest BCUT2D eigenvalue weighted by molar-refractivity contribution is 5.94. The highest BCUT2D eigenvalue weighted by Crippen LogP contribution is 2.40. The topological polar surface area (TPSA) is 107 Å². The summed E-state index contributed by atoms with van der Waals surface area (Å²) in [5.41, 5.74) is 7.24. The zero-order valence-electron chi connectivity index (χ0n) is 19.0. The van der Waals surface area contributed by atoms with Crippen LogP contribution in [0.5, 0.6) is 0 Å². The molecule has 0 saturated carbocycles. The maximum absolute atomic E-state index is 11.6. The van der Waals surface area contributed by atoms with Crippen molar-refractivity contribution in [3.8, 4) is 0 Å². The monoisotopic (exact) mass is 464 g/mol. The fourth-order valence-corrected chi connectivity index (χ4v) is 5.55. The SMILES string of the molecule is C[N+]1(C2OC(C(=O)O)C(O)C(O)C2O)CCC(=C2c3ccccc3C=Cc3ccccc32)CC1. The minimum atomic E-state index is -1.68. The number of fused-ring (bicyclic) bond motifs is 2. The number of aliphatic carboxylic acids is 1. The lowest BCUT2D eigenvalue weighted by atomic mass is 9.85. The van der Waals surface area contributed by atoms with Gasteiger partial charge in [0.25, 0.3) is 0 Å². The third-order valence-electron chi connectivity index (χ3n) is 7.55. The Hall–Kier alpha value is -2.81. The van der Waals surface area contributed by atoms with Gasteiger partial charge < -0.3 is 25.2 Å². The van der Waals surface area contributed by atoms with E-state index in [4.69, 9.17) is 4.74 Å². The van der Waals surface area contributed by atoms with Gasteiger partial charge in [-0.3, -0.25) is 4.48 Å². The van der Waals surface area contributed by atoms with Crippen LogP contribution in [0.4, 0.5) is 0 Å².